The average Bonchev–Trinajstić information content (AvgIpc) is 2.47. The molecule has 2 rings (SSSR count). The Bertz CT molecular complexity index is 786. The maximum absolute atomic E-state index is 12.2. The number of phenolic OH excluding ortho intramolecular Hbond substituents is 1. The molecule has 2 aromatic carbocycles. The second-order valence-corrected chi connectivity index (χ2v) is 5.04. The van der Waals surface area contributed by atoms with Gasteiger partial charge in [0.05, 0.1) is 0 Å². The average molecular weight is 292 g/mol. The summed E-state index contributed by atoms with van der Waals surface area (Å²) in [5, 5.41) is 21.3. The summed E-state index contributed by atoms with van der Waals surface area (Å²) in [6.45, 7) is 3.87. The van der Waals surface area contributed by atoms with Crippen molar-refractivity contribution in [2.24, 2.45) is 0 Å². The molecule has 0 heterocycles. The smallest absolute Gasteiger partial charge is 0.266 e. The molecule has 0 saturated carbocycles. The summed E-state index contributed by atoms with van der Waals surface area (Å²) in [6, 6.07) is 13.9. The second kappa shape index (κ2) is 6.59. The van der Waals surface area contributed by atoms with E-state index in [4.69, 9.17) is 0 Å². The van der Waals surface area contributed by atoms with Gasteiger partial charge in [0.15, 0.2) is 0 Å². The molecule has 22 heavy (non-hydrogen) atoms. The zero-order valence-corrected chi connectivity index (χ0v) is 12.4. The van der Waals surface area contributed by atoms with E-state index in [1.165, 1.54) is 18.2 Å². The van der Waals surface area contributed by atoms with Crippen LogP contribution in [0, 0.1) is 25.2 Å². The van der Waals surface area contributed by atoms with Crippen LogP contribution in [0.3, 0.4) is 0 Å². The number of aromatic hydroxyl groups is 1. The number of benzene rings is 2. The summed E-state index contributed by atoms with van der Waals surface area (Å²) >= 11 is 0. The van der Waals surface area contributed by atoms with Crippen LogP contribution in [0.15, 0.2) is 48.0 Å². The highest BCUT2D eigenvalue weighted by molar-refractivity contribution is 6.10. The maximum atomic E-state index is 12.2. The summed E-state index contributed by atoms with van der Waals surface area (Å²) in [7, 11) is 0. The van der Waals surface area contributed by atoms with Gasteiger partial charge in [0.25, 0.3) is 5.91 Å². The summed E-state index contributed by atoms with van der Waals surface area (Å²) in [5.41, 5.74) is 3.28. The third-order valence-corrected chi connectivity index (χ3v) is 3.18. The second-order valence-electron chi connectivity index (χ2n) is 5.04. The fourth-order valence-electron chi connectivity index (χ4n) is 2.07. The van der Waals surface area contributed by atoms with Gasteiger partial charge in [-0.2, -0.15) is 5.26 Å². The quantitative estimate of drug-likeness (QED) is 0.671. The van der Waals surface area contributed by atoms with Gasteiger partial charge in [0, 0.05) is 5.69 Å². The lowest BCUT2D eigenvalue weighted by Crippen LogP contribution is -2.14. The molecule has 0 spiro atoms. The van der Waals surface area contributed by atoms with E-state index in [0.29, 0.717) is 11.3 Å². The molecule has 4 nitrogen and oxygen atoms in total. The number of hydrogen-bond acceptors (Lipinski definition) is 3. The third-order valence-electron chi connectivity index (χ3n) is 3.18. The SMILES string of the molecule is Cc1ccc(NC(=O)C(C#N)=Cc2cccc(O)c2)c(C)c1. The summed E-state index contributed by atoms with van der Waals surface area (Å²) < 4.78 is 0. The predicted molar refractivity (Wildman–Crippen MR) is 86.2 cm³/mol. The van der Waals surface area contributed by atoms with Gasteiger partial charge in [-0.25, -0.2) is 0 Å². The van der Waals surface area contributed by atoms with Crippen LogP contribution in [0.4, 0.5) is 5.69 Å². The predicted octanol–water partition coefficient (Wildman–Crippen LogP) is 3.55. The van der Waals surface area contributed by atoms with Crippen LogP contribution in [-0.4, -0.2) is 11.0 Å². The third kappa shape index (κ3) is 3.74. The fraction of sp³-hybridized carbons (Fsp3) is 0.111. The standard InChI is InChI=1S/C18H16N2O2/c1-12-6-7-17(13(2)8-12)20-18(22)15(11-19)9-14-4-3-5-16(21)10-14/h3-10,21H,1-2H3,(H,20,22). The highest BCUT2D eigenvalue weighted by Gasteiger charge is 2.11. The van der Waals surface area contributed by atoms with Crippen LogP contribution in [0.5, 0.6) is 5.75 Å². The first kappa shape index (κ1) is 15.3. The molecule has 2 N–H and O–H groups in total. The minimum Gasteiger partial charge on any atom is -0.508 e. The van der Waals surface area contributed by atoms with Crippen molar-refractivity contribution in [2.75, 3.05) is 5.32 Å². The number of rotatable bonds is 3. The zero-order valence-electron chi connectivity index (χ0n) is 12.4. The summed E-state index contributed by atoms with van der Waals surface area (Å²) in [5.74, 6) is -0.390. The first-order chi connectivity index (χ1) is 10.5. The number of amides is 1. The number of nitrogens with one attached hydrogen (secondary N) is 1. The van der Waals surface area contributed by atoms with Crippen molar-refractivity contribution in [3.63, 3.8) is 0 Å². The Hall–Kier alpha value is -3.06. The normalized spacial score (nSPS) is 10.9. The molecule has 0 aliphatic carbocycles. The van der Waals surface area contributed by atoms with Crippen LogP contribution in [0.25, 0.3) is 6.08 Å². The number of carbonyl (C=O) groups is 1. The Labute approximate surface area is 129 Å². The van der Waals surface area contributed by atoms with Crippen LogP contribution in [-0.2, 0) is 4.79 Å². The van der Waals surface area contributed by atoms with E-state index < -0.39 is 5.91 Å². The van der Waals surface area contributed by atoms with Gasteiger partial charge in [-0.15, -0.1) is 0 Å². The highest BCUT2D eigenvalue weighted by Crippen LogP contribution is 2.18. The molecule has 0 atom stereocenters. The Balaban J connectivity index is 2.24. The fourth-order valence-corrected chi connectivity index (χ4v) is 2.07. The number of nitriles is 1. The Morgan fingerprint density at radius 1 is 1.23 bits per heavy atom. The van der Waals surface area contributed by atoms with Gasteiger partial charge in [-0.05, 0) is 49.2 Å². The molecule has 0 radical (unpaired) electrons. The lowest BCUT2D eigenvalue weighted by molar-refractivity contribution is -0.112. The van der Waals surface area contributed by atoms with E-state index in [-0.39, 0.29) is 11.3 Å². The Morgan fingerprint density at radius 3 is 2.64 bits per heavy atom. The van der Waals surface area contributed by atoms with Gasteiger partial charge < -0.3 is 10.4 Å². The van der Waals surface area contributed by atoms with Gasteiger partial charge in [-0.1, -0.05) is 29.8 Å². The molecule has 110 valence electrons. The number of nitrogens with zero attached hydrogens (tertiary/aromatic N) is 1. The number of phenols is 1. The topological polar surface area (TPSA) is 73.1 Å². The molecule has 0 aliphatic rings. The van der Waals surface area contributed by atoms with E-state index in [0.717, 1.165) is 11.1 Å². The molecular formula is C18H16N2O2. The lowest BCUT2D eigenvalue weighted by atomic mass is 10.1. The van der Waals surface area contributed by atoms with Crippen LogP contribution in [0.2, 0.25) is 0 Å². The van der Waals surface area contributed by atoms with E-state index in [9.17, 15) is 15.2 Å². The molecule has 2 aromatic rings. The van der Waals surface area contributed by atoms with E-state index in [1.807, 2.05) is 38.1 Å². The zero-order chi connectivity index (χ0) is 16.1. The lowest BCUT2D eigenvalue weighted by Gasteiger charge is -2.08. The van der Waals surface area contributed by atoms with Gasteiger partial charge in [0.2, 0.25) is 0 Å². The van der Waals surface area contributed by atoms with Crippen LogP contribution < -0.4 is 5.32 Å². The Morgan fingerprint density at radius 2 is 2.00 bits per heavy atom. The monoisotopic (exact) mass is 292 g/mol. The van der Waals surface area contributed by atoms with Crippen LogP contribution in [0.1, 0.15) is 16.7 Å². The molecular weight excluding hydrogens is 276 g/mol. The van der Waals surface area contributed by atoms with Crippen molar-refractivity contribution in [1.29, 1.82) is 5.26 Å². The van der Waals surface area contributed by atoms with Crippen molar-refractivity contribution in [2.45, 2.75) is 13.8 Å². The van der Waals surface area contributed by atoms with E-state index in [1.54, 1.807) is 12.1 Å². The molecule has 0 bridgehead atoms. The van der Waals surface area contributed by atoms with Crippen molar-refractivity contribution in [1.82, 2.24) is 0 Å². The molecule has 1 amide bonds. The first-order valence-corrected chi connectivity index (χ1v) is 6.79. The number of aryl methyl sites for hydroxylation is 2. The molecule has 0 fully saturated rings. The van der Waals surface area contributed by atoms with Crippen molar-refractivity contribution in [3.05, 3.63) is 64.7 Å². The molecule has 4 heteroatoms. The summed E-state index contributed by atoms with van der Waals surface area (Å²) in [6.07, 6.45) is 1.44. The van der Waals surface area contributed by atoms with Gasteiger partial charge >= 0.3 is 0 Å². The largest absolute Gasteiger partial charge is 0.508 e. The first-order valence-electron chi connectivity index (χ1n) is 6.79. The number of anilines is 1. The minimum atomic E-state index is -0.474. The van der Waals surface area contributed by atoms with Crippen molar-refractivity contribution in [3.8, 4) is 11.8 Å². The maximum Gasteiger partial charge on any atom is 0.266 e. The van der Waals surface area contributed by atoms with Crippen molar-refractivity contribution >= 4 is 17.7 Å². The summed E-state index contributed by atoms with van der Waals surface area (Å²) in [4.78, 5) is 12.2. The Kier molecular flexibility index (Phi) is 4.60. The van der Waals surface area contributed by atoms with E-state index in [2.05, 4.69) is 5.32 Å². The van der Waals surface area contributed by atoms with E-state index >= 15 is 0 Å². The number of carbonyl (C=O) groups excluding carboxylic acids is 1. The molecule has 0 saturated heterocycles. The molecule has 0 unspecified atom stereocenters. The van der Waals surface area contributed by atoms with Crippen LogP contribution >= 0.6 is 0 Å². The minimum absolute atomic E-state index is 0.0226. The van der Waals surface area contributed by atoms with Gasteiger partial charge in [-0.3, -0.25) is 4.79 Å². The number of hydrogen-bond donors (Lipinski definition) is 2. The van der Waals surface area contributed by atoms with Gasteiger partial charge in [0.1, 0.15) is 17.4 Å². The molecule has 0 aliphatic heterocycles. The molecule has 0 aromatic heterocycles. The van der Waals surface area contributed by atoms with Crippen molar-refractivity contribution < 1.29 is 9.90 Å². The highest BCUT2D eigenvalue weighted by atomic mass is 16.3.